The second kappa shape index (κ2) is 22.5. The zero-order valence-corrected chi connectivity index (χ0v) is 12.5. The van der Waals surface area contributed by atoms with E-state index in [1.807, 2.05) is 0 Å². The van der Waals surface area contributed by atoms with E-state index in [1.165, 1.54) is 47.3 Å². The van der Waals surface area contributed by atoms with Crippen molar-refractivity contribution in [2.45, 2.75) is 49.5 Å². The second-order valence-electron chi connectivity index (χ2n) is 2.64. The van der Waals surface area contributed by atoms with Crippen LogP contribution >= 0.6 is 12.4 Å². The summed E-state index contributed by atoms with van der Waals surface area (Å²) in [6.45, 7) is 2.26. The second-order valence-corrected chi connectivity index (χ2v) is 4.79. The molecule has 0 aromatic carbocycles. The summed E-state index contributed by atoms with van der Waals surface area (Å²) in [5, 5.41) is 1.50. The molecule has 0 aliphatic rings. The molecule has 67 valence electrons. The van der Waals surface area contributed by atoms with Crippen LogP contribution in [0.1, 0.15) is 32.6 Å². The Labute approximate surface area is 93.1 Å². The summed E-state index contributed by atoms with van der Waals surface area (Å²) in [6, 6.07) is 0. The fraction of sp³-hybridized carbons (Fsp3) is 1.00. The Bertz CT molecular complexity index is 39.1. The molecular weight excluding hydrogens is 186 g/mol. The summed E-state index contributed by atoms with van der Waals surface area (Å²) in [4.78, 5) is 0. The minimum atomic E-state index is 0. The lowest BCUT2D eigenvalue weighted by molar-refractivity contribution is 0.701. The first kappa shape index (κ1) is 18.2. The molecule has 0 fully saturated rings. The maximum atomic E-state index is 2.26. The highest BCUT2D eigenvalue weighted by atomic mass is 35.5. The van der Waals surface area contributed by atoms with E-state index in [0.717, 1.165) is 15.2 Å². The predicted molar refractivity (Wildman–Crippen MR) is 62.2 cm³/mol. The van der Waals surface area contributed by atoms with Crippen molar-refractivity contribution >= 4 is 43.9 Å². The normalized spacial score (nSPS) is 7.18. The van der Waals surface area contributed by atoms with Crippen molar-refractivity contribution in [1.29, 1.82) is 0 Å². The summed E-state index contributed by atoms with van der Waals surface area (Å²) in [7, 11) is 0. The Morgan fingerprint density at radius 1 is 1.09 bits per heavy atom. The molecular formula is C8H22Al2Cl. The van der Waals surface area contributed by atoms with Gasteiger partial charge in [0.2, 0.25) is 16.3 Å². The molecule has 0 bridgehead atoms. The Hall–Kier alpha value is 1.35. The van der Waals surface area contributed by atoms with Gasteiger partial charge >= 0.3 is 0 Å². The first-order valence-electron chi connectivity index (χ1n) is 4.57. The van der Waals surface area contributed by atoms with Crippen LogP contribution in [0.15, 0.2) is 0 Å². The van der Waals surface area contributed by atoms with Crippen molar-refractivity contribution in [2.24, 2.45) is 0 Å². The molecule has 0 aromatic rings. The van der Waals surface area contributed by atoms with Crippen LogP contribution in [0.2, 0.25) is 16.9 Å². The SMILES string of the molecule is CCCCC[CH2][AlH2].Cl.[CH3][Al][CH3]. The monoisotopic (exact) mass is 207 g/mol. The van der Waals surface area contributed by atoms with Gasteiger partial charge in [0.25, 0.3) is 0 Å². The van der Waals surface area contributed by atoms with Crippen LogP contribution in [0, 0.1) is 0 Å². The van der Waals surface area contributed by atoms with Gasteiger partial charge in [-0.15, -0.1) is 29.3 Å². The fourth-order valence-electron chi connectivity index (χ4n) is 0.677. The van der Waals surface area contributed by atoms with Gasteiger partial charge < -0.3 is 0 Å². The average molecular weight is 208 g/mol. The average Bonchev–Trinajstić information content (AvgIpc) is 1.91. The van der Waals surface area contributed by atoms with Crippen molar-refractivity contribution in [3.63, 3.8) is 0 Å². The molecule has 0 aromatic heterocycles. The lowest BCUT2D eigenvalue weighted by atomic mass is 10.2. The third-order valence-corrected chi connectivity index (χ3v) is 1.91. The van der Waals surface area contributed by atoms with Crippen molar-refractivity contribution in [2.75, 3.05) is 0 Å². The van der Waals surface area contributed by atoms with Crippen molar-refractivity contribution in [3.05, 3.63) is 0 Å². The van der Waals surface area contributed by atoms with Crippen LogP contribution in [0.3, 0.4) is 0 Å². The highest BCUT2D eigenvalue weighted by molar-refractivity contribution is 6.31. The number of hydrogen-bond donors (Lipinski definition) is 0. The minimum Gasteiger partial charge on any atom is -0.147 e. The molecule has 0 atom stereocenters. The third-order valence-electron chi connectivity index (χ3n) is 1.21. The number of unbranched alkanes of at least 4 members (excludes halogenated alkanes) is 3. The molecule has 0 heterocycles. The van der Waals surface area contributed by atoms with Gasteiger partial charge in [0.05, 0.1) is 0 Å². The lowest BCUT2D eigenvalue weighted by Crippen LogP contribution is -1.72. The van der Waals surface area contributed by atoms with Crippen LogP contribution in [0.25, 0.3) is 0 Å². The van der Waals surface area contributed by atoms with Crippen molar-refractivity contribution in [3.8, 4) is 0 Å². The molecule has 0 aliphatic carbocycles. The molecule has 1 radical (unpaired) electrons. The standard InChI is InChI=1S/C6H13.2CH3.2Al.ClH.2H/c1-3-5-6-4-2;;;;;;;/h1,3-6H2,2H3;2*1H3;;;1H;;. The van der Waals surface area contributed by atoms with E-state index in [4.69, 9.17) is 0 Å². The van der Waals surface area contributed by atoms with E-state index in [9.17, 15) is 0 Å². The summed E-state index contributed by atoms with van der Waals surface area (Å²) in [6.07, 6.45) is 5.78. The summed E-state index contributed by atoms with van der Waals surface area (Å²) in [5.74, 6) is 4.42. The predicted octanol–water partition coefficient (Wildman–Crippen LogP) is 2.83. The van der Waals surface area contributed by atoms with E-state index < -0.39 is 0 Å². The van der Waals surface area contributed by atoms with Crippen LogP contribution in [-0.2, 0) is 0 Å². The van der Waals surface area contributed by atoms with Gasteiger partial charge in [-0.05, 0) is 0 Å². The Balaban J connectivity index is -0.000000140. The summed E-state index contributed by atoms with van der Waals surface area (Å²) >= 11 is 2.16. The number of rotatable bonds is 4. The summed E-state index contributed by atoms with van der Waals surface area (Å²) < 4.78 is 0. The maximum absolute atomic E-state index is 2.26. The number of hydrogen-bond acceptors (Lipinski definition) is 0. The van der Waals surface area contributed by atoms with Gasteiger partial charge in [-0.25, -0.2) is 0 Å². The van der Waals surface area contributed by atoms with Crippen molar-refractivity contribution in [1.82, 2.24) is 0 Å². The third kappa shape index (κ3) is 34.7. The van der Waals surface area contributed by atoms with Gasteiger partial charge in [-0.1, -0.05) is 32.6 Å². The molecule has 0 spiro atoms. The first-order chi connectivity index (χ1) is 4.83. The number of halogens is 1. The van der Waals surface area contributed by atoms with E-state index in [2.05, 4.69) is 18.5 Å². The van der Waals surface area contributed by atoms with Gasteiger partial charge in [0.15, 0.2) is 15.2 Å². The van der Waals surface area contributed by atoms with Gasteiger partial charge in [0.1, 0.15) is 0 Å². The minimum absolute atomic E-state index is 0. The van der Waals surface area contributed by atoms with E-state index in [-0.39, 0.29) is 12.4 Å². The molecule has 0 rings (SSSR count). The Kier molecular flexibility index (Phi) is 37.2. The van der Waals surface area contributed by atoms with E-state index in [0.29, 0.717) is 0 Å². The molecule has 0 saturated carbocycles. The first-order valence-corrected chi connectivity index (χ1v) is 8.29. The largest absolute Gasteiger partial charge is 0.211 e. The summed E-state index contributed by atoms with van der Waals surface area (Å²) in [5.41, 5.74) is 0. The molecule has 0 unspecified atom stereocenters. The Morgan fingerprint density at radius 3 is 1.82 bits per heavy atom. The van der Waals surface area contributed by atoms with Crippen LogP contribution in [-0.4, -0.2) is 31.5 Å². The van der Waals surface area contributed by atoms with Crippen LogP contribution in [0.5, 0.6) is 0 Å². The lowest BCUT2D eigenvalue weighted by Gasteiger charge is -1.90. The van der Waals surface area contributed by atoms with Gasteiger partial charge in [-0.2, -0.15) is 0 Å². The molecule has 0 nitrogen and oxygen atoms in total. The zero-order valence-electron chi connectivity index (χ0n) is 8.52. The fourth-order valence-corrected chi connectivity index (χ4v) is 1.18. The maximum Gasteiger partial charge on any atom is 0.211 e. The molecule has 3 heteroatoms. The zero-order chi connectivity index (χ0) is 8.24. The van der Waals surface area contributed by atoms with Crippen LogP contribution in [0.4, 0.5) is 0 Å². The molecule has 0 aliphatic heterocycles. The Morgan fingerprint density at radius 2 is 1.55 bits per heavy atom. The van der Waals surface area contributed by atoms with Crippen LogP contribution < -0.4 is 0 Å². The molecule has 0 amide bonds. The topological polar surface area (TPSA) is 0 Å². The van der Waals surface area contributed by atoms with E-state index in [1.54, 1.807) is 0 Å². The van der Waals surface area contributed by atoms with E-state index >= 15 is 0 Å². The quantitative estimate of drug-likeness (QED) is 0.491. The van der Waals surface area contributed by atoms with Crippen molar-refractivity contribution < 1.29 is 0 Å². The smallest absolute Gasteiger partial charge is 0.147 e. The van der Waals surface area contributed by atoms with Gasteiger partial charge in [0, 0.05) is 0 Å². The highest BCUT2D eigenvalue weighted by Crippen LogP contribution is 1.99. The molecule has 11 heavy (non-hydrogen) atoms. The van der Waals surface area contributed by atoms with Gasteiger partial charge in [-0.3, -0.25) is 0 Å². The molecule has 0 N–H and O–H groups in total. The highest BCUT2D eigenvalue weighted by Gasteiger charge is 1.80. The molecule has 0 saturated heterocycles.